The van der Waals surface area contributed by atoms with Crippen molar-refractivity contribution in [2.45, 2.75) is 6.92 Å². The maximum absolute atomic E-state index is 12.4. The molecule has 1 aromatic heterocycles. The van der Waals surface area contributed by atoms with Crippen molar-refractivity contribution in [3.05, 3.63) is 64.8 Å². The molecule has 0 radical (unpaired) electrons. The molecule has 0 unspecified atom stereocenters. The summed E-state index contributed by atoms with van der Waals surface area (Å²) in [5.74, 6) is -0.615. The minimum atomic E-state index is -0.459. The fourth-order valence-corrected chi connectivity index (χ4v) is 2.59. The van der Waals surface area contributed by atoms with E-state index in [1.165, 1.54) is 6.92 Å². The van der Waals surface area contributed by atoms with Gasteiger partial charge in [0.25, 0.3) is 5.91 Å². The van der Waals surface area contributed by atoms with Crippen LogP contribution in [0.4, 0.5) is 11.4 Å². The Hall–Kier alpha value is -2.93. The van der Waals surface area contributed by atoms with Gasteiger partial charge in [-0.15, -0.1) is 0 Å². The van der Waals surface area contributed by atoms with E-state index in [4.69, 9.17) is 4.52 Å². The zero-order valence-electron chi connectivity index (χ0n) is 13.2. The van der Waals surface area contributed by atoms with E-state index in [1.54, 1.807) is 24.3 Å². The summed E-state index contributed by atoms with van der Waals surface area (Å²) in [5, 5.41) is 9.31. The van der Waals surface area contributed by atoms with Crippen LogP contribution < -0.4 is 10.6 Å². The lowest BCUT2D eigenvalue weighted by Gasteiger charge is -2.10. The number of benzene rings is 2. The number of aromatic nitrogens is 1. The summed E-state index contributed by atoms with van der Waals surface area (Å²) in [6, 6.07) is 16.1. The molecule has 0 saturated carbocycles. The molecule has 7 heteroatoms. The zero-order valence-corrected chi connectivity index (χ0v) is 14.8. The predicted octanol–water partition coefficient (Wildman–Crippen LogP) is 4.31. The third kappa shape index (κ3) is 4.13. The highest BCUT2D eigenvalue weighted by Gasteiger charge is 2.16. The molecule has 6 nitrogen and oxygen atoms in total. The minimum absolute atomic E-state index is 0.0765. The van der Waals surface area contributed by atoms with Crippen LogP contribution in [-0.4, -0.2) is 17.0 Å². The first-order valence-electron chi connectivity index (χ1n) is 7.43. The maximum atomic E-state index is 12.4. The molecule has 0 saturated heterocycles. The van der Waals surface area contributed by atoms with E-state index in [0.29, 0.717) is 17.1 Å². The van der Waals surface area contributed by atoms with E-state index in [9.17, 15) is 9.59 Å². The number of carbonyl (C=O) groups is 2. The molecule has 1 heterocycles. The van der Waals surface area contributed by atoms with E-state index >= 15 is 0 Å². The summed E-state index contributed by atoms with van der Waals surface area (Å²) in [5.41, 5.74) is 2.37. The summed E-state index contributed by atoms with van der Waals surface area (Å²) in [7, 11) is 0. The lowest BCUT2D eigenvalue weighted by Crippen LogP contribution is -2.14. The number of rotatable bonds is 4. The topological polar surface area (TPSA) is 84.2 Å². The normalized spacial score (nSPS) is 10.3. The van der Waals surface area contributed by atoms with Crippen molar-refractivity contribution >= 4 is 39.1 Å². The predicted molar refractivity (Wildman–Crippen MR) is 98.3 cm³/mol. The largest absolute Gasteiger partial charge is 0.350 e. The van der Waals surface area contributed by atoms with Crippen molar-refractivity contribution in [3.8, 4) is 11.3 Å². The van der Waals surface area contributed by atoms with E-state index in [1.807, 2.05) is 30.3 Å². The quantitative estimate of drug-likeness (QED) is 0.684. The van der Waals surface area contributed by atoms with E-state index in [0.717, 1.165) is 10.0 Å². The smallest absolute Gasteiger partial charge is 0.294 e. The van der Waals surface area contributed by atoms with Crippen molar-refractivity contribution < 1.29 is 14.1 Å². The summed E-state index contributed by atoms with van der Waals surface area (Å²) in [6.07, 6.45) is 0. The minimum Gasteiger partial charge on any atom is -0.350 e. The second-order valence-corrected chi connectivity index (χ2v) is 6.18. The number of carbonyl (C=O) groups excluding carboxylic acids is 2. The van der Waals surface area contributed by atoms with Crippen LogP contribution in [0.5, 0.6) is 0 Å². The number of anilines is 2. The molecule has 2 aromatic carbocycles. The molecule has 0 atom stereocenters. The number of nitrogens with zero attached hydrogens (tertiary/aromatic N) is 1. The van der Waals surface area contributed by atoms with Crippen LogP contribution in [-0.2, 0) is 4.79 Å². The van der Waals surface area contributed by atoms with Crippen molar-refractivity contribution in [1.29, 1.82) is 0 Å². The standard InChI is InChI=1S/C18H14BrN3O3/c1-11(23)20-14-8-7-13(19)9-16(14)21-18(24)17-10-15(22-25-17)12-5-3-2-4-6-12/h2-10H,1H3,(H,20,23)(H,21,24). The van der Waals surface area contributed by atoms with E-state index in [2.05, 4.69) is 31.7 Å². The highest BCUT2D eigenvalue weighted by Crippen LogP contribution is 2.27. The van der Waals surface area contributed by atoms with Crippen molar-refractivity contribution in [3.63, 3.8) is 0 Å². The average Bonchev–Trinajstić information content (AvgIpc) is 3.08. The van der Waals surface area contributed by atoms with Crippen molar-refractivity contribution in [2.75, 3.05) is 10.6 Å². The molecule has 126 valence electrons. The molecule has 3 rings (SSSR count). The van der Waals surface area contributed by atoms with Crippen molar-refractivity contribution in [1.82, 2.24) is 5.16 Å². The van der Waals surface area contributed by atoms with Crippen LogP contribution in [0.25, 0.3) is 11.3 Å². The Bertz CT molecular complexity index is 922. The molecule has 0 spiro atoms. The Kier molecular flexibility index (Phi) is 4.95. The van der Waals surface area contributed by atoms with Gasteiger partial charge in [-0.1, -0.05) is 51.4 Å². The molecule has 0 aliphatic heterocycles. The summed E-state index contributed by atoms with van der Waals surface area (Å²) < 4.78 is 5.91. The van der Waals surface area contributed by atoms with Gasteiger partial charge in [0, 0.05) is 23.0 Å². The highest BCUT2D eigenvalue weighted by atomic mass is 79.9. The Balaban J connectivity index is 1.82. The van der Waals surface area contributed by atoms with Gasteiger partial charge in [0.1, 0.15) is 5.69 Å². The molecule has 0 bridgehead atoms. The molecule has 2 N–H and O–H groups in total. The molecular weight excluding hydrogens is 386 g/mol. The third-order valence-electron chi connectivity index (χ3n) is 3.34. The first-order valence-corrected chi connectivity index (χ1v) is 8.23. The van der Waals surface area contributed by atoms with Crippen molar-refractivity contribution in [2.24, 2.45) is 0 Å². The first kappa shape index (κ1) is 16.9. The van der Waals surface area contributed by atoms with Gasteiger partial charge in [-0.05, 0) is 18.2 Å². The summed E-state index contributed by atoms with van der Waals surface area (Å²) in [4.78, 5) is 23.7. The SMILES string of the molecule is CC(=O)Nc1ccc(Br)cc1NC(=O)c1cc(-c2ccccc2)no1. The van der Waals surface area contributed by atoms with E-state index in [-0.39, 0.29) is 11.7 Å². The Morgan fingerprint density at radius 2 is 1.76 bits per heavy atom. The van der Waals surface area contributed by atoms with Crippen LogP contribution in [0.1, 0.15) is 17.5 Å². The second kappa shape index (κ2) is 7.31. The fourth-order valence-electron chi connectivity index (χ4n) is 2.23. The highest BCUT2D eigenvalue weighted by molar-refractivity contribution is 9.10. The number of hydrogen-bond donors (Lipinski definition) is 2. The molecule has 3 aromatic rings. The van der Waals surface area contributed by atoms with E-state index < -0.39 is 5.91 Å². The van der Waals surface area contributed by atoms with Crippen LogP contribution in [0.2, 0.25) is 0 Å². The molecule has 0 aliphatic carbocycles. The van der Waals surface area contributed by atoms with Gasteiger partial charge in [0.15, 0.2) is 0 Å². The Morgan fingerprint density at radius 3 is 2.48 bits per heavy atom. The van der Waals surface area contributed by atoms with Gasteiger partial charge in [-0.25, -0.2) is 0 Å². The lowest BCUT2D eigenvalue weighted by molar-refractivity contribution is -0.114. The maximum Gasteiger partial charge on any atom is 0.294 e. The van der Waals surface area contributed by atoms with Gasteiger partial charge >= 0.3 is 0 Å². The molecule has 25 heavy (non-hydrogen) atoms. The number of hydrogen-bond acceptors (Lipinski definition) is 4. The van der Waals surface area contributed by atoms with Gasteiger partial charge in [-0.2, -0.15) is 0 Å². The van der Waals surface area contributed by atoms with Crippen LogP contribution >= 0.6 is 15.9 Å². The first-order chi connectivity index (χ1) is 12.0. The monoisotopic (exact) mass is 399 g/mol. The summed E-state index contributed by atoms with van der Waals surface area (Å²) in [6.45, 7) is 1.40. The van der Waals surface area contributed by atoms with Gasteiger partial charge in [-0.3, -0.25) is 9.59 Å². The van der Waals surface area contributed by atoms with Gasteiger partial charge in [0.2, 0.25) is 11.7 Å². The second-order valence-electron chi connectivity index (χ2n) is 5.27. The van der Waals surface area contributed by atoms with Gasteiger partial charge in [0.05, 0.1) is 11.4 Å². The average molecular weight is 400 g/mol. The number of nitrogens with one attached hydrogen (secondary N) is 2. The van der Waals surface area contributed by atoms with Crippen LogP contribution in [0, 0.1) is 0 Å². The van der Waals surface area contributed by atoms with Crippen LogP contribution in [0.15, 0.2) is 63.6 Å². The van der Waals surface area contributed by atoms with Crippen LogP contribution in [0.3, 0.4) is 0 Å². The molecular formula is C18H14BrN3O3. The molecule has 0 fully saturated rings. The zero-order chi connectivity index (χ0) is 17.8. The summed E-state index contributed by atoms with van der Waals surface area (Å²) >= 11 is 3.34. The fraction of sp³-hybridized carbons (Fsp3) is 0.0556. The van der Waals surface area contributed by atoms with Gasteiger partial charge < -0.3 is 15.2 Å². The molecule has 2 amide bonds. The third-order valence-corrected chi connectivity index (χ3v) is 3.84. The number of halogens is 1. The lowest BCUT2D eigenvalue weighted by atomic mass is 10.1. The number of amides is 2. The Morgan fingerprint density at radius 1 is 1.00 bits per heavy atom. The Labute approximate surface area is 152 Å². The molecule has 0 aliphatic rings.